The smallest absolute Gasteiger partial charge is 0.335 e. The van der Waals surface area contributed by atoms with Gasteiger partial charge in [0.1, 0.15) is 0 Å². The van der Waals surface area contributed by atoms with Crippen molar-refractivity contribution in [2.75, 3.05) is 5.32 Å². The van der Waals surface area contributed by atoms with Gasteiger partial charge in [-0.1, -0.05) is 6.92 Å². The minimum Gasteiger partial charge on any atom is -0.478 e. The molecule has 0 saturated heterocycles. The highest BCUT2D eigenvalue weighted by Gasteiger charge is 2.08. The van der Waals surface area contributed by atoms with Crippen molar-refractivity contribution in [2.45, 2.75) is 19.8 Å². The molecule has 5 heteroatoms. The fourth-order valence-electron chi connectivity index (χ4n) is 1.19. The first kappa shape index (κ1) is 12.7. The zero-order valence-electron chi connectivity index (χ0n) is 8.79. The number of nitrogens with one attached hydrogen (secondary N) is 1. The van der Waals surface area contributed by atoms with E-state index in [1.54, 1.807) is 6.07 Å². The number of hydrogen-bond donors (Lipinski definition) is 2. The number of carbonyl (C=O) groups excluding carboxylic acids is 1. The largest absolute Gasteiger partial charge is 0.478 e. The quantitative estimate of drug-likeness (QED) is 0.894. The zero-order valence-corrected chi connectivity index (χ0v) is 10.4. The SMILES string of the molecule is CCCC(=O)Nc1ccc(C(=O)O)cc1Br. The maximum atomic E-state index is 11.3. The second kappa shape index (κ2) is 5.65. The van der Waals surface area contributed by atoms with Gasteiger partial charge in [-0.05, 0) is 40.5 Å². The van der Waals surface area contributed by atoms with Gasteiger partial charge < -0.3 is 10.4 Å². The van der Waals surface area contributed by atoms with Crippen LogP contribution in [0.3, 0.4) is 0 Å². The number of carbonyl (C=O) groups is 2. The Hall–Kier alpha value is -1.36. The molecule has 1 aromatic rings. The summed E-state index contributed by atoms with van der Waals surface area (Å²) in [6, 6.07) is 4.49. The van der Waals surface area contributed by atoms with Crippen molar-refractivity contribution in [3.8, 4) is 0 Å². The van der Waals surface area contributed by atoms with Crippen molar-refractivity contribution in [1.29, 1.82) is 0 Å². The monoisotopic (exact) mass is 285 g/mol. The first-order valence-electron chi connectivity index (χ1n) is 4.87. The predicted octanol–water partition coefficient (Wildman–Crippen LogP) is 2.89. The number of aromatic carboxylic acids is 1. The Kier molecular flexibility index (Phi) is 4.49. The van der Waals surface area contributed by atoms with E-state index in [9.17, 15) is 9.59 Å². The third kappa shape index (κ3) is 3.34. The minimum absolute atomic E-state index is 0.0775. The van der Waals surface area contributed by atoms with E-state index in [4.69, 9.17) is 5.11 Å². The molecular formula is C11H12BrNO3. The maximum absolute atomic E-state index is 11.3. The molecule has 86 valence electrons. The molecule has 2 N–H and O–H groups in total. The van der Waals surface area contributed by atoms with Crippen LogP contribution in [0.25, 0.3) is 0 Å². The van der Waals surface area contributed by atoms with Crippen LogP contribution in [0, 0.1) is 0 Å². The zero-order chi connectivity index (χ0) is 12.1. The van der Waals surface area contributed by atoms with Crippen molar-refractivity contribution in [3.63, 3.8) is 0 Å². The van der Waals surface area contributed by atoms with Crippen LogP contribution in [-0.4, -0.2) is 17.0 Å². The number of rotatable bonds is 4. The van der Waals surface area contributed by atoms with Gasteiger partial charge in [0.05, 0.1) is 11.3 Å². The van der Waals surface area contributed by atoms with Gasteiger partial charge in [-0.15, -0.1) is 0 Å². The molecular weight excluding hydrogens is 274 g/mol. The third-order valence-corrected chi connectivity index (χ3v) is 2.62. The Balaban J connectivity index is 2.83. The lowest BCUT2D eigenvalue weighted by molar-refractivity contribution is -0.116. The van der Waals surface area contributed by atoms with Gasteiger partial charge in [-0.2, -0.15) is 0 Å². The number of halogens is 1. The lowest BCUT2D eigenvalue weighted by Crippen LogP contribution is -2.11. The average Bonchev–Trinajstić information content (AvgIpc) is 2.21. The van der Waals surface area contributed by atoms with Gasteiger partial charge in [0, 0.05) is 10.9 Å². The molecule has 1 aromatic carbocycles. The van der Waals surface area contributed by atoms with Crippen LogP contribution in [-0.2, 0) is 4.79 Å². The summed E-state index contributed by atoms with van der Waals surface area (Å²) < 4.78 is 0.567. The third-order valence-electron chi connectivity index (χ3n) is 1.97. The second-order valence-electron chi connectivity index (χ2n) is 3.30. The summed E-state index contributed by atoms with van der Waals surface area (Å²) in [6.07, 6.45) is 1.23. The predicted molar refractivity (Wildman–Crippen MR) is 64.6 cm³/mol. The number of anilines is 1. The molecule has 4 nitrogen and oxygen atoms in total. The van der Waals surface area contributed by atoms with E-state index in [2.05, 4.69) is 21.2 Å². The average molecular weight is 286 g/mol. The first-order valence-corrected chi connectivity index (χ1v) is 5.66. The molecule has 1 amide bonds. The van der Waals surface area contributed by atoms with Crippen LogP contribution in [0.2, 0.25) is 0 Å². The molecule has 0 bridgehead atoms. The number of hydrogen-bond acceptors (Lipinski definition) is 2. The van der Waals surface area contributed by atoms with Gasteiger partial charge >= 0.3 is 5.97 Å². The molecule has 0 saturated carbocycles. The van der Waals surface area contributed by atoms with Gasteiger partial charge in [0.25, 0.3) is 0 Å². The van der Waals surface area contributed by atoms with E-state index in [0.29, 0.717) is 16.6 Å². The number of amides is 1. The molecule has 0 radical (unpaired) electrons. The van der Waals surface area contributed by atoms with Crippen molar-refractivity contribution >= 4 is 33.5 Å². The summed E-state index contributed by atoms with van der Waals surface area (Å²) in [5.74, 6) is -1.07. The van der Waals surface area contributed by atoms with Crippen molar-refractivity contribution in [1.82, 2.24) is 0 Å². The van der Waals surface area contributed by atoms with Crippen molar-refractivity contribution < 1.29 is 14.7 Å². The maximum Gasteiger partial charge on any atom is 0.335 e. The van der Waals surface area contributed by atoms with Gasteiger partial charge in [0.2, 0.25) is 5.91 Å². The second-order valence-corrected chi connectivity index (χ2v) is 4.15. The van der Waals surface area contributed by atoms with Crippen LogP contribution < -0.4 is 5.32 Å². The standard InChI is InChI=1S/C11H12BrNO3/c1-2-3-10(14)13-9-5-4-7(11(15)16)6-8(9)12/h4-6H,2-3H2,1H3,(H,13,14)(H,15,16). The van der Waals surface area contributed by atoms with Crippen LogP contribution in [0.15, 0.2) is 22.7 Å². The highest BCUT2D eigenvalue weighted by Crippen LogP contribution is 2.23. The molecule has 0 fully saturated rings. The Morgan fingerprint density at radius 2 is 2.12 bits per heavy atom. The van der Waals surface area contributed by atoms with E-state index in [1.807, 2.05) is 6.92 Å². The summed E-state index contributed by atoms with van der Waals surface area (Å²) in [5, 5.41) is 11.5. The first-order chi connectivity index (χ1) is 7.54. The molecule has 16 heavy (non-hydrogen) atoms. The molecule has 0 aliphatic rings. The Morgan fingerprint density at radius 3 is 2.62 bits per heavy atom. The van der Waals surface area contributed by atoms with Gasteiger partial charge in [-0.3, -0.25) is 4.79 Å². The molecule has 0 atom stereocenters. The normalized spacial score (nSPS) is 9.88. The van der Waals surface area contributed by atoms with Crippen LogP contribution >= 0.6 is 15.9 Å². The fraction of sp³-hybridized carbons (Fsp3) is 0.273. The van der Waals surface area contributed by atoms with Crippen LogP contribution in [0.4, 0.5) is 5.69 Å². The summed E-state index contributed by atoms with van der Waals surface area (Å²) in [5.41, 5.74) is 0.767. The summed E-state index contributed by atoms with van der Waals surface area (Å²) in [4.78, 5) is 22.0. The van der Waals surface area contributed by atoms with Gasteiger partial charge in [0.15, 0.2) is 0 Å². The van der Waals surface area contributed by atoms with Crippen molar-refractivity contribution in [2.24, 2.45) is 0 Å². The van der Waals surface area contributed by atoms with E-state index >= 15 is 0 Å². The lowest BCUT2D eigenvalue weighted by Gasteiger charge is -2.07. The van der Waals surface area contributed by atoms with E-state index in [1.165, 1.54) is 12.1 Å². The molecule has 0 aromatic heterocycles. The van der Waals surface area contributed by atoms with Crippen LogP contribution in [0.1, 0.15) is 30.1 Å². The summed E-state index contributed by atoms with van der Waals surface area (Å²) >= 11 is 3.22. The Bertz CT molecular complexity index is 418. The molecule has 0 aliphatic carbocycles. The van der Waals surface area contributed by atoms with Gasteiger partial charge in [-0.25, -0.2) is 4.79 Å². The Labute approximate surface area is 102 Å². The van der Waals surface area contributed by atoms with Crippen molar-refractivity contribution in [3.05, 3.63) is 28.2 Å². The van der Waals surface area contributed by atoms with E-state index in [0.717, 1.165) is 6.42 Å². The fourth-order valence-corrected chi connectivity index (χ4v) is 1.67. The molecule has 0 aliphatic heterocycles. The molecule has 0 unspecified atom stereocenters. The lowest BCUT2D eigenvalue weighted by atomic mass is 10.2. The molecule has 0 spiro atoms. The highest BCUT2D eigenvalue weighted by molar-refractivity contribution is 9.10. The topological polar surface area (TPSA) is 66.4 Å². The van der Waals surface area contributed by atoms with E-state index in [-0.39, 0.29) is 11.5 Å². The minimum atomic E-state index is -0.993. The van der Waals surface area contributed by atoms with E-state index < -0.39 is 5.97 Å². The van der Waals surface area contributed by atoms with Crippen LogP contribution in [0.5, 0.6) is 0 Å². The summed E-state index contributed by atoms with van der Waals surface area (Å²) in [6.45, 7) is 1.92. The number of benzene rings is 1. The highest BCUT2D eigenvalue weighted by atomic mass is 79.9. The molecule has 0 heterocycles. The Morgan fingerprint density at radius 1 is 1.44 bits per heavy atom. The summed E-state index contributed by atoms with van der Waals surface area (Å²) in [7, 11) is 0. The number of carboxylic acids is 1. The molecule has 1 rings (SSSR count). The number of carboxylic acid groups (broad SMARTS) is 1.